The number of methoxy groups -OCH3 is 1. The van der Waals surface area contributed by atoms with Crippen LogP contribution in [0.3, 0.4) is 0 Å². The summed E-state index contributed by atoms with van der Waals surface area (Å²) >= 11 is 4.88. The maximum atomic E-state index is 12.6. The molecule has 0 spiro atoms. The van der Waals surface area contributed by atoms with Crippen molar-refractivity contribution < 1.29 is 23.7 Å². The van der Waals surface area contributed by atoms with Gasteiger partial charge >= 0.3 is 0 Å². The molecular weight excluding hydrogens is 544 g/mol. The highest BCUT2D eigenvalue weighted by molar-refractivity contribution is 9.10. The zero-order chi connectivity index (χ0) is 25.1. The van der Waals surface area contributed by atoms with E-state index in [1.54, 1.807) is 13.2 Å². The molecule has 0 atom stereocenters. The molecular formula is C27H23BrN2O5S. The molecule has 0 radical (unpaired) electrons. The third-order valence-corrected chi connectivity index (χ3v) is 7.09. The largest absolute Gasteiger partial charge is 0.493 e. The van der Waals surface area contributed by atoms with Crippen LogP contribution in [-0.4, -0.2) is 25.0 Å². The molecule has 7 nitrogen and oxygen atoms in total. The Kier molecular flexibility index (Phi) is 7.20. The Morgan fingerprint density at radius 2 is 1.86 bits per heavy atom. The van der Waals surface area contributed by atoms with Gasteiger partial charge in [-0.15, -0.1) is 0 Å². The highest BCUT2D eigenvalue weighted by Crippen LogP contribution is 2.39. The topological polar surface area (TPSA) is 78.4 Å². The summed E-state index contributed by atoms with van der Waals surface area (Å²) in [4.78, 5) is 17.7. The Morgan fingerprint density at radius 1 is 1.08 bits per heavy atom. The number of aliphatic imine (C=N–C) groups is 1. The second-order valence-corrected chi connectivity index (χ2v) is 9.90. The van der Waals surface area contributed by atoms with Crippen LogP contribution in [0.2, 0.25) is 0 Å². The zero-order valence-corrected chi connectivity index (χ0v) is 22.1. The molecule has 2 aliphatic rings. The second-order valence-electron chi connectivity index (χ2n) is 8.01. The minimum Gasteiger partial charge on any atom is -0.493 e. The summed E-state index contributed by atoms with van der Waals surface area (Å²) in [5.74, 6) is 2.36. The lowest BCUT2D eigenvalue weighted by molar-refractivity contribution is -0.115. The van der Waals surface area contributed by atoms with E-state index in [0.717, 1.165) is 29.0 Å². The van der Waals surface area contributed by atoms with Gasteiger partial charge in [0.15, 0.2) is 28.2 Å². The minimum absolute atomic E-state index is 0.192. The van der Waals surface area contributed by atoms with Gasteiger partial charge in [0, 0.05) is 0 Å². The van der Waals surface area contributed by atoms with Crippen molar-refractivity contribution in [3.63, 3.8) is 0 Å². The number of nitrogens with zero attached hydrogens (tertiary/aromatic N) is 1. The van der Waals surface area contributed by atoms with Gasteiger partial charge in [0.1, 0.15) is 6.61 Å². The molecule has 3 aromatic carbocycles. The number of fused-ring (bicyclic) bond motifs is 1. The third kappa shape index (κ3) is 5.37. The molecule has 0 saturated carbocycles. The van der Waals surface area contributed by atoms with Gasteiger partial charge in [-0.25, -0.2) is 4.99 Å². The number of hydrogen-bond acceptors (Lipinski definition) is 7. The van der Waals surface area contributed by atoms with E-state index in [2.05, 4.69) is 33.2 Å². The van der Waals surface area contributed by atoms with Crippen LogP contribution >= 0.6 is 27.7 Å². The first-order valence-electron chi connectivity index (χ1n) is 11.3. The molecule has 3 aromatic rings. The predicted molar refractivity (Wildman–Crippen MR) is 144 cm³/mol. The van der Waals surface area contributed by atoms with Crippen molar-refractivity contribution in [1.82, 2.24) is 5.32 Å². The van der Waals surface area contributed by atoms with E-state index in [-0.39, 0.29) is 12.7 Å². The highest BCUT2D eigenvalue weighted by Gasteiger charge is 2.24. The van der Waals surface area contributed by atoms with Gasteiger partial charge in [0.2, 0.25) is 6.79 Å². The number of benzene rings is 3. The average Bonchev–Trinajstić information content (AvgIpc) is 3.49. The third-order valence-electron chi connectivity index (χ3n) is 5.60. The Morgan fingerprint density at radius 3 is 2.64 bits per heavy atom. The van der Waals surface area contributed by atoms with E-state index in [9.17, 15) is 4.79 Å². The van der Waals surface area contributed by atoms with Crippen molar-refractivity contribution >= 4 is 50.5 Å². The van der Waals surface area contributed by atoms with Crippen LogP contribution in [0, 0.1) is 0 Å². The number of carbonyl (C=O) groups excluding carboxylic acids is 1. The van der Waals surface area contributed by atoms with Gasteiger partial charge in [-0.3, -0.25) is 4.79 Å². The fourth-order valence-corrected chi connectivity index (χ4v) is 5.12. The van der Waals surface area contributed by atoms with Crippen LogP contribution in [0.5, 0.6) is 23.0 Å². The number of rotatable bonds is 7. The normalized spacial score (nSPS) is 16.5. The zero-order valence-electron chi connectivity index (χ0n) is 19.7. The summed E-state index contributed by atoms with van der Waals surface area (Å²) in [6, 6.07) is 17.4. The second kappa shape index (κ2) is 10.7. The number of carbonyl (C=O) groups is 1. The molecule has 5 rings (SSSR count). The molecule has 1 N–H and O–H groups in total. The lowest BCUT2D eigenvalue weighted by Gasteiger charge is -2.14. The number of amides is 1. The summed E-state index contributed by atoms with van der Waals surface area (Å²) < 4.78 is 23.1. The number of aryl methyl sites for hydroxylation is 1. The smallest absolute Gasteiger partial charge is 0.264 e. The van der Waals surface area contributed by atoms with Gasteiger partial charge in [-0.2, -0.15) is 0 Å². The van der Waals surface area contributed by atoms with Crippen LogP contribution in [0.25, 0.3) is 6.08 Å². The van der Waals surface area contributed by atoms with Crippen LogP contribution in [0.4, 0.5) is 5.69 Å². The first-order valence-corrected chi connectivity index (χ1v) is 12.9. The van der Waals surface area contributed by atoms with E-state index in [1.165, 1.54) is 17.3 Å². The van der Waals surface area contributed by atoms with E-state index in [0.29, 0.717) is 38.4 Å². The molecule has 0 bridgehead atoms. The molecule has 36 heavy (non-hydrogen) atoms. The first kappa shape index (κ1) is 24.3. The fraction of sp³-hybridized carbons (Fsp3) is 0.185. The molecule has 2 aliphatic heterocycles. The van der Waals surface area contributed by atoms with Crippen LogP contribution in [0.1, 0.15) is 23.6 Å². The number of amidine groups is 1. The van der Waals surface area contributed by atoms with Gasteiger partial charge in [0.25, 0.3) is 5.91 Å². The van der Waals surface area contributed by atoms with E-state index >= 15 is 0 Å². The Bertz CT molecular complexity index is 1370. The molecule has 1 fully saturated rings. The van der Waals surface area contributed by atoms with E-state index in [4.69, 9.17) is 18.9 Å². The average molecular weight is 567 g/mol. The Labute approximate surface area is 221 Å². The van der Waals surface area contributed by atoms with Crippen molar-refractivity contribution in [3.8, 4) is 23.0 Å². The number of halogens is 1. The quantitative estimate of drug-likeness (QED) is 0.342. The molecule has 0 aliphatic carbocycles. The lowest BCUT2D eigenvalue weighted by atomic mass is 10.1. The number of nitrogens with one attached hydrogen (secondary N) is 1. The van der Waals surface area contributed by atoms with E-state index in [1.807, 2.05) is 54.6 Å². The molecule has 184 valence electrons. The monoisotopic (exact) mass is 566 g/mol. The Hall–Kier alpha value is -3.43. The summed E-state index contributed by atoms with van der Waals surface area (Å²) in [5.41, 5.74) is 3.77. The molecule has 1 saturated heterocycles. The lowest BCUT2D eigenvalue weighted by Crippen LogP contribution is -2.19. The van der Waals surface area contributed by atoms with Crippen LogP contribution in [-0.2, 0) is 17.8 Å². The van der Waals surface area contributed by atoms with Crippen LogP contribution < -0.4 is 24.3 Å². The van der Waals surface area contributed by atoms with Crippen LogP contribution in [0.15, 0.2) is 69.0 Å². The van der Waals surface area contributed by atoms with Gasteiger partial charge in [-0.1, -0.05) is 25.1 Å². The molecule has 1 amide bonds. The molecule has 0 aromatic heterocycles. The summed E-state index contributed by atoms with van der Waals surface area (Å²) in [6.07, 6.45) is 2.77. The number of ether oxygens (including phenoxy) is 4. The summed E-state index contributed by atoms with van der Waals surface area (Å²) in [7, 11) is 1.58. The Balaban J connectivity index is 1.31. The van der Waals surface area contributed by atoms with Crippen molar-refractivity contribution in [2.24, 2.45) is 4.99 Å². The van der Waals surface area contributed by atoms with Gasteiger partial charge < -0.3 is 24.3 Å². The van der Waals surface area contributed by atoms with Gasteiger partial charge in [0.05, 0.1) is 22.2 Å². The maximum absolute atomic E-state index is 12.6. The summed E-state index contributed by atoms with van der Waals surface area (Å²) in [5, 5.41) is 3.38. The minimum atomic E-state index is -0.192. The molecule has 2 heterocycles. The van der Waals surface area contributed by atoms with Crippen molar-refractivity contribution in [2.45, 2.75) is 20.0 Å². The standard InChI is InChI=1S/C27H23BrN2O5S/c1-3-16-4-7-19(8-5-16)29-27-30-26(31)24(36-27)13-18-10-20(28)25(23(12-18)32-2)33-14-17-6-9-21-22(11-17)35-15-34-21/h4-13H,3,14-15H2,1-2H3,(H,29,30,31)/b24-13-. The van der Waals surface area contributed by atoms with Crippen molar-refractivity contribution in [2.75, 3.05) is 13.9 Å². The first-order chi connectivity index (χ1) is 17.5. The fourth-order valence-electron chi connectivity index (χ4n) is 3.70. The number of thioether (sulfide) groups is 1. The van der Waals surface area contributed by atoms with E-state index < -0.39 is 0 Å². The number of hydrogen-bond donors (Lipinski definition) is 1. The predicted octanol–water partition coefficient (Wildman–Crippen LogP) is 6.22. The molecule has 9 heteroatoms. The van der Waals surface area contributed by atoms with Crippen molar-refractivity contribution in [1.29, 1.82) is 0 Å². The molecule has 0 unspecified atom stereocenters. The SMILES string of the molecule is CCc1ccc(N=C2NC(=O)/C(=C/c3cc(Br)c(OCc4ccc5c(c4)OCO5)c(OC)c3)S2)cc1. The summed E-state index contributed by atoms with van der Waals surface area (Å²) in [6.45, 7) is 2.66. The van der Waals surface area contributed by atoms with Crippen molar-refractivity contribution in [3.05, 3.63) is 80.7 Å². The van der Waals surface area contributed by atoms with Gasteiger partial charge in [-0.05, 0) is 93.3 Å². The maximum Gasteiger partial charge on any atom is 0.264 e. The highest BCUT2D eigenvalue weighted by atomic mass is 79.9.